The molecular formula is C41H52N4O6. The average Bonchev–Trinajstić information content (AvgIpc) is 3.15. The summed E-state index contributed by atoms with van der Waals surface area (Å²) in [6.07, 6.45) is 13.1. The fraction of sp³-hybridized carbons (Fsp3) is 0.488. The molecule has 10 nitrogen and oxygen atoms in total. The number of pyridine rings is 2. The number of nitrogens with zero attached hydrogens (tertiary/aromatic N) is 2. The molecule has 4 aromatic rings. The minimum Gasteiger partial charge on any atom is -0.506 e. The molecule has 4 N–H and O–H groups in total. The van der Waals surface area contributed by atoms with E-state index in [0.717, 1.165) is 94.4 Å². The summed E-state index contributed by atoms with van der Waals surface area (Å²) in [6.45, 7) is 4.93. The molecule has 3 aliphatic rings. The third kappa shape index (κ3) is 10.2. The van der Waals surface area contributed by atoms with Crippen molar-refractivity contribution < 1.29 is 24.5 Å². The zero-order valence-corrected chi connectivity index (χ0v) is 29.5. The molecule has 7 rings (SSSR count). The molecule has 10 heteroatoms. The van der Waals surface area contributed by atoms with Crippen molar-refractivity contribution in [1.29, 1.82) is 0 Å². The van der Waals surface area contributed by atoms with Crippen LogP contribution in [0.1, 0.15) is 92.9 Å². The van der Waals surface area contributed by atoms with Gasteiger partial charge >= 0.3 is 5.97 Å². The van der Waals surface area contributed by atoms with Gasteiger partial charge in [-0.15, -0.1) is 0 Å². The molecule has 0 amide bonds. The van der Waals surface area contributed by atoms with Crippen molar-refractivity contribution in [2.24, 2.45) is 5.92 Å². The van der Waals surface area contributed by atoms with E-state index in [-0.39, 0.29) is 35.7 Å². The number of phenols is 1. The highest BCUT2D eigenvalue weighted by molar-refractivity contribution is 5.87. The molecule has 0 saturated carbocycles. The molecule has 3 atom stereocenters. The maximum atomic E-state index is 13.2. The topological polar surface area (TPSA) is 137 Å². The van der Waals surface area contributed by atoms with Crippen LogP contribution in [-0.4, -0.2) is 76.5 Å². The van der Waals surface area contributed by atoms with Crippen molar-refractivity contribution in [3.63, 3.8) is 0 Å². The van der Waals surface area contributed by atoms with Crippen molar-refractivity contribution in [2.45, 2.75) is 82.3 Å². The van der Waals surface area contributed by atoms with Gasteiger partial charge in [-0.25, -0.2) is 0 Å². The number of aliphatic hydroxyl groups is 1. The molecule has 1 unspecified atom stereocenters. The van der Waals surface area contributed by atoms with E-state index >= 15 is 0 Å². The number of nitrogens with one attached hydrogen (secondary N) is 2. The van der Waals surface area contributed by atoms with Crippen LogP contribution in [0.3, 0.4) is 0 Å². The Kier molecular flexibility index (Phi) is 13.1. The minimum absolute atomic E-state index is 0.00228. The fourth-order valence-electron chi connectivity index (χ4n) is 7.57. The second-order valence-corrected chi connectivity index (χ2v) is 14.1. The molecule has 0 aliphatic carbocycles. The zero-order valence-electron chi connectivity index (χ0n) is 29.5. The number of H-pyrrole nitrogens is 1. The Bertz CT molecular complexity index is 1760. The predicted octanol–water partition coefficient (Wildman–Crippen LogP) is 6.22. The first-order valence-corrected chi connectivity index (χ1v) is 18.7. The number of aromatic nitrogens is 2. The summed E-state index contributed by atoms with van der Waals surface area (Å²) >= 11 is 0. The molecule has 5 heterocycles. The second kappa shape index (κ2) is 18.3. The number of benzene rings is 2. The standard InChI is InChI=1S/C41H52N4O6/c46-36-15-13-33(34-14-16-39(48)44-41(34)36)37(47)27-42-19-9-4-2-1-3-5-10-22-50-32-23-31(25-43-26-32)35(29-11-7-6-8-12-29)24-40(49)51-38-28-45-20-17-30(38)18-21-45/h6-8,11-16,23,25-26,30,35,37-38,42,46-47H,1-5,9-10,17-22,24,27-28H2,(H,44,48)/t35?,37-,38-/m0/s1. The molecule has 2 bridgehead atoms. The second-order valence-electron chi connectivity index (χ2n) is 14.1. The van der Waals surface area contributed by atoms with E-state index in [9.17, 15) is 19.8 Å². The number of esters is 1. The van der Waals surface area contributed by atoms with Gasteiger partial charge < -0.3 is 30.0 Å². The number of carbonyl (C=O) groups is 1. The zero-order chi connectivity index (χ0) is 35.4. The van der Waals surface area contributed by atoms with Gasteiger partial charge in [-0.3, -0.25) is 19.5 Å². The van der Waals surface area contributed by atoms with Crippen molar-refractivity contribution in [2.75, 3.05) is 39.3 Å². The maximum absolute atomic E-state index is 13.2. The Hall–Kier alpha value is -4.25. The van der Waals surface area contributed by atoms with E-state index in [1.54, 1.807) is 18.3 Å². The molecule has 2 aromatic carbocycles. The van der Waals surface area contributed by atoms with Crippen LogP contribution >= 0.6 is 0 Å². The summed E-state index contributed by atoms with van der Waals surface area (Å²) in [5, 5.41) is 24.7. The SMILES string of the molecule is O=C(CC(c1ccccc1)c1cncc(OCCCCCCCCCNC[C@H](O)c2ccc(O)c3[nH]c(=O)ccc23)c1)O[C@H]1CN2CCC1CC2. The number of rotatable bonds is 19. The fourth-order valence-corrected chi connectivity index (χ4v) is 7.57. The van der Waals surface area contributed by atoms with Crippen molar-refractivity contribution in [3.05, 3.63) is 100 Å². The first-order chi connectivity index (χ1) is 24.9. The van der Waals surface area contributed by atoms with Crippen LogP contribution in [0.25, 0.3) is 10.9 Å². The number of ether oxygens (including phenoxy) is 2. The van der Waals surface area contributed by atoms with Gasteiger partial charge in [0.1, 0.15) is 17.6 Å². The predicted molar refractivity (Wildman–Crippen MR) is 198 cm³/mol. The Morgan fingerprint density at radius 1 is 0.941 bits per heavy atom. The van der Waals surface area contributed by atoms with Crippen LogP contribution in [0, 0.1) is 5.92 Å². The van der Waals surface area contributed by atoms with E-state index in [4.69, 9.17) is 9.47 Å². The van der Waals surface area contributed by atoms with E-state index < -0.39 is 6.10 Å². The molecule has 3 aliphatic heterocycles. The van der Waals surface area contributed by atoms with Gasteiger partial charge in [-0.05, 0) is 86.1 Å². The Balaban J connectivity index is 0.860. The van der Waals surface area contributed by atoms with E-state index in [1.807, 2.05) is 30.5 Å². The minimum atomic E-state index is -0.742. The van der Waals surface area contributed by atoms with Crippen LogP contribution in [0.5, 0.6) is 11.5 Å². The number of hydrogen-bond donors (Lipinski definition) is 4. The van der Waals surface area contributed by atoms with Gasteiger partial charge in [0.15, 0.2) is 0 Å². The lowest BCUT2D eigenvalue weighted by atomic mass is 9.85. The molecule has 272 valence electrons. The van der Waals surface area contributed by atoms with Crippen molar-refractivity contribution in [3.8, 4) is 11.5 Å². The third-order valence-corrected chi connectivity index (χ3v) is 10.5. The summed E-state index contributed by atoms with van der Waals surface area (Å²) in [5.41, 5.74) is 2.75. The number of aromatic hydroxyl groups is 1. The number of phenolic OH excluding ortho intramolecular Hbond substituents is 1. The summed E-state index contributed by atoms with van der Waals surface area (Å²) in [6, 6.07) is 18.4. The average molecular weight is 697 g/mol. The number of aromatic amines is 1. The lowest BCUT2D eigenvalue weighted by molar-refractivity contribution is -0.159. The molecule has 3 fully saturated rings. The molecule has 51 heavy (non-hydrogen) atoms. The van der Waals surface area contributed by atoms with Crippen LogP contribution in [0.15, 0.2) is 77.9 Å². The molecular weight excluding hydrogens is 644 g/mol. The van der Waals surface area contributed by atoms with Crippen LogP contribution in [0.2, 0.25) is 0 Å². The lowest BCUT2D eigenvalue weighted by Gasteiger charge is -2.44. The Morgan fingerprint density at radius 2 is 1.71 bits per heavy atom. The smallest absolute Gasteiger partial charge is 0.307 e. The highest BCUT2D eigenvalue weighted by Crippen LogP contribution is 2.33. The van der Waals surface area contributed by atoms with Gasteiger partial charge in [0.2, 0.25) is 5.56 Å². The quantitative estimate of drug-likeness (QED) is 0.0665. The van der Waals surface area contributed by atoms with Gasteiger partial charge in [-0.2, -0.15) is 0 Å². The maximum Gasteiger partial charge on any atom is 0.307 e. The monoisotopic (exact) mass is 696 g/mol. The Morgan fingerprint density at radius 3 is 2.47 bits per heavy atom. The number of aliphatic hydroxyl groups excluding tert-OH is 1. The Labute approximate surface area is 300 Å². The van der Waals surface area contributed by atoms with Gasteiger partial charge in [0.25, 0.3) is 0 Å². The summed E-state index contributed by atoms with van der Waals surface area (Å²) in [7, 11) is 0. The van der Waals surface area contributed by atoms with Gasteiger partial charge in [-0.1, -0.05) is 68.5 Å². The molecule has 0 radical (unpaired) electrons. The van der Waals surface area contributed by atoms with Gasteiger partial charge in [0, 0.05) is 36.7 Å². The van der Waals surface area contributed by atoms with Crippen LogP contribution < -0.4 is 15.6 Å². The van der Waals surface area contributed by atoms with Crippen molar-refractivity contribution in [1.82, 2.24) is 20.2 Å². The van der Waals surface area contributed by atoms with Crippen molar-refractivity contribution >= 4 is 16.9 Å². The number of carbonyl (C=O) groups excluding carboxylic acids is 1. The molecule has 0 spiro atoms. The first-order valence-electron chi connectivity index (χ1n) is 18.7. The molecule has 2 aromatic heterocycles. The van der Waals surface area contributed by atoms with E-state index in [2.05, 4.69) is 32.3 Å². The largest absolute Gasteiger partial charge is 0.506 e. The first kappa shape index (κ1) is 36.5. The van der Waals surface area contributed by atoms with E-state index in [1.165, 1.54) is 18.6 Å². The van der Waals surface area contributed by atoms with Crippen LogP contribution in [-0.2, 0) is 9.53 Å². The highest BCUT2D eigenvalue weighted by atomic mass is 16.5. The van der Waals surface area contributed by atoms with Gasteiger partial charge in [0.05, 0.1) is 30.8 Å². The highest BCUT2D eigenvalue weighted by Gasteiger charge is 2.37. The van der Waals surface area contributed by atoms with E-state index in [0.29, 0.717) is 35.5 Å². The summed E-state index contributed by atoms with van der Waals surface area (Å²) in [5.74, 6) is 0.904. The lowest BCUT2D eigenvalue weighted by Crippen LogP contribution is -2.52. The number of fused-ring (bicyclic) bond motifs is 4. The van der Waals surface area contributed by atoms with Crippen LogP contribution in [0.4, 0.5) is 0 Å². The molecule has 3 saturated heterocycles. The third-order valence-electron chi connectivity index (χ3n) is 10.5. The summed E-state index contributed by atoms with van der Waals surface area (Å²) in [4.78, 5) is 34.4. The number of piperidine rings is 3. The number of hydrogen-bond acceptors (Lipinski definition) is 9. The summed E-state index contributed by atoms with van der Waals surface area (Å²) < 4.78 is 12.2. The normalized spacial score (nSPS) is 19.5. The number of unbranched alkanes of at least 4 members (excludes halogenated alkanes) is 6.